The number of aliphatic hydroxyl groups excluding tert-OH is 5. The molecule has 1 rings (SSSR count). The molecule has 1 saturated heterocycles. The number of unbranched alkanes of at least 4 members (excludes halogenated alkanes) is 33. The second kappa shape index (κ2) is 45.5. The first-order valence-electron chi connectivity index (χ1n) is 27.5. The molecule has 7 atom stereocenters. The van der Waals surface area contributed by atoms with Crippen LogP contribution in [0.15, 0.2) is 24.3 Å². The zero-order chi connectivity index (χ0) is 46.6. The number of amides is 1. The average molecular weight is 908 g/mol. The summed E-state index contributed by atoms with van der Waals surface area (Å²) in [6.45, 7) is 3.84. The Labute approximate surface area is 394 Å². The predicted octanol–water partition coefficient (Wildman–Crippen LogP) is 13.0. The lowest BCUT2D eigenvalue weighted by Crippen LogP contribution is -2.60. The number of hydrogen-bond donors (Lipinski definition) is 6. The SMILES string of the molecule is CCCCC/C=C\C/C=C\CCCCCCCCCCCC(=O)NC(COC1OC(CO)C(O)C(O)C1O)C(O)CCCCCCCCCCCCCCCCCCCCCCCC. The molecule has 1 amide bonds. The summed E-state index contributed by atoms with van der Waals surface area (Å²) in [5, 5.41) is 54.6. The molecule has 0 spiro atoms. The molecule has 1 heterocycles. The van der Waals surface area contributed by atoms with Crippen molar-refractivity contribution in [3.05, 3.63) is 24.3 Å². The van der Waals surface area contributed by atoms with Crippen molar-refractivity contribution in [3.63, 3.8) is 0 Å². The van der Waals surface area contributed by atoms with Crippen LogP contribution >= 0.6 is 0 Å². The highest BCUT2D eigenvalue weighted by atomic mass is 16.7. The van der Waals surface area contributed by atoms with E-state index in [0.29, 0.717) is 12.8 Å². The number of carbonyl (C=O) groups excluding carboxylic acids is 1. The van der Waals surface area contributed by atoms with Gasteiger partial charge >= 0.3 is 0 Å². The van der Waals surface area contributed by atoms with E-state index in [2.05, 4.69) is 43.5 Å². The summed E-state index contributed by atoms with van der Waals surface area (Å²) in [6.07, 6.45) is 49.0. The summed E-state index contributed by atoms with van der Waals surface area (Å²) < 4.78 is 11.3. The number of carbonyl (C=O) groups is 1. The van der Waals surface area contributed by atoms with Crippen molar-refractivity contribution in [3.8, 4) is 0 Å². The molecule has 1 fully saturated rings. The van der Waals surface area contributed by atoms with E-state index in [9.17, 15) is 30.3 Å². The summed E-state index contributed by atoms with van der Waals surface area (Å²) in [4.78, 5) is 13.0. The number of rotatable bonds is 47. The Morgan fingerprint density at radius 3 is 1.38 bits per heavy atom. The first-order valence-corrected chi connectivity index (χ1v) is 27.5. The third-order valence-electron chi connectivity index (χ3n) is 13.3. The van der Waals surface area contributed by atoms with Gasteiger partial charge < -0.3 is 40.3 Å². The minimum atomic E-state index is -1.55. The van der Waals surface area contributed by atoms with Gasteiger partial charge in [0.25, 0.3) is 0 Å². The van der Waals surface area contributed by atoms with Crippen LogP contribution in [0.2, 0.25) is 0 Å². The van der Waals surface area contributed by atoms with Crippen LogP contribution in [-0.2, 0) is 14.3 Å². The third kappa shape index (κ3) is 34.9. The lowest BCUT2D eigenvalue weighted by molar-refractivity contribution is -0.302. The Hall–Kier alpha value is -1.33. The lowest BCUT2D eigenvalue weighted by Gasteiger charge is -2.40. The van der Waals surface area contributed by atoms with Crippen LogP contribution < -0.4 is 5.32 Å². The largest absolute Gasteiger partial charge is 0.394 e. The molecule has 6 N–H and O–H groups in total. The van der Waals surface area contributed by atoms with Crippen LogP contribution in [0.5, 0.6) is 0 Å². The minimum Gasteiger partial charge on any atom is -0.394 e. The maximum Gasteiger partial charge on any atom is 0.220 e. The highest BCUT2D eigenvalue weighted by molar-refractivity contribution is 5.76. The first-order chi connectivity index (χ1) is 31.3. The van der Waals surface area contributed by atoms with Gasteiger partial charge in [-0.3, -0.25) is 4.79 Å². The van der Waals surface area contributed by atoms with Crippen molar-refractivity contribution in [1.82, 2.24) is 5.32 Å². The zero-order valence-corrected chi connectivity index (χ0v) is 41.8. The van der Waals surface area contributed by atoms with Gasteiger partial charge in [-0.15, -0.1) is 0 Å². The number of aliphatic hydroxyl groups is 5. The number of allylic oxidation sites excluding steroid dienone is 4. The van der Waals surface area contributed by atoms with E-state index in [1.165, 1.54) is 193 Å². The standard InChI is InChI=1S/C55H105NO8/c1-3-5-7-9-11-13-15-17-19-21-23-24-25-27-28-30-32-34-36-38-40-42-44-49(58)48(47-63-55-54(62)53(61)52(60)50(46-57)64-55)56-51(59)45-43-41-39-37-35-33-31-29-26-22-20-18-16-14-12-10-8-6-4-2/h12,14,18,20,48-50,52-55,57-58,60-62H,3-11,13,15-17,19,21-47H2,1-2H3,(H,56,59)/b14-12-,20-18-. The molecule has 1 aliphatic heterocycles. The maximum absolute atomic E-state index is 13.0. The zero-order valence-electron chi connectivity index (χ0n) is 41.8. The summed E-state index contributed by atoms with van der Waals surface area (Å²) in [6, 6.07) is -0.720. The fraction of sp³-hybridized carbons (Fsp3) is 0.909. The number of hydrogen-bond acceptors (Lipinski definition) is 8. The third-order valence-corrected chi connectivity index (χ3v) is 13.3. The first kappa shape index (κ1) is 60.7. The summed E-state index contributed by atoms with van der Waals surface area (Å²) in [7, 11) is 0. The molecular formula is C55H105NO8. The second-order valence-corrected chi connectivity index (χ2v) is 19.4. The van der Waals surface area contributed by atoms with Gasteiger partial charge in [0.15, 0.2) is 6.29 Å². The molecule has 0 bridgehead atoms. The number of nitrogens with one attached hydrogen (secondary N) is 1. The smallest absolute Gasteiger partial charge is 0.220 e. The van der Waals surface area contributed by atoms with Crippen LogP contribution in [-0.4, -0.2) is 87.5 Å². The van der Waals surface area contributed by atoms with E-state index >= 15 is 0 Å². The topological polar surface area (TPSA) is 149 Å². The minimum absolute atomic E-state index is 0.137. The van der Waals surface area contributed by atoms with Crippen LogP contribution in [0.1, 0.15) is 264 Å². The van der Waals surface area contributed by atoms with Crippen molar-refractivity contribution in [1.29, 1.82) is 0 Å². The van der Waals surface area contributed by atoms with Crippen molar-refractivity contribution in [2.24, 2.45) is 0 Å². The Morgan fingerprint density at radius 1 is 0.531 bits per heavy atom. The fourth-order valence-electron chi connectivity index (χ4n) is 8.90. The molecule has 0 aromatic heterocycles. The Balaban J connectivity index is 2.23. The van der Waals surface area contributed by atoms with Gasteiger partial charge in [0.1, 0.15) is 24.4 Å². The molecule has 9 nitrogen and oxygen atoms in total. The maximum atomic E-state index is 13.0. The molecule has 0 saturated carbocycles. The summed E-state index contributed by atoms with van der Waals surface area (Å²) in [5.74, 6) is -0.146. The average Bonchev–Trinajstić information content (AvgIpc) is 3.29. The van der Waals surface area contributed by atoms with Crippen LogP contribution in [0.4, 0.5) is 0 Å². The van der Waals surface area contributed by atoms with Crippen LogP contribution in [0.3, 0.4) is 0 Å². The van der Waals surface area contributed by atoms with Crippen LogP contribution in [0, 0.1) is 0 Å². The molecule has 1 aliphatic rings. The molecular weight excluding hydrogens is 803 g/mol. The molecule has 378 valence electrons. The molecule has 64 heavy (non-hydrogen) atoms. The Bertz CT molecular complexity index is 1060. The monoisotopic (exact) mass is 908 g/mol. The van der Waals surface area contributed by atoms with Crippen molar-refractivity contribution >= 4 is 5.91 Å². The summed E-state index contributed by atoms with van der Waals surface area (Å²) >= 11 is 0. The van der Waals surface area contributed by atoms with Gasteiger partial charge in [-0.05, 0) is 44.9 Å². The van der Waals surface area contributed by atoms with Gasteiger partial charge in [-0.1, -0.05) is 237 Å². The molecule has 0 aromatic carbocycles. The summed E-state index contributed by atoms with van der Waals surface area (Å²) in [5.41, 5.74) is 0. The normalized spacial score (nSPS) is 20.1. The van der Waals surface area contributed by atoms with Gasteiger partial charge in [0.2, 0.25) is 5.91 Å². The molecule has 0 aromatic rings. The van der Waals surface area contributed by atoms with E-state index in [-0.39, 0.29) is 12.5 Å². The quantitative estimate of drug-likeness (QED) is 0.0261. The number of ether oxygens (including phenoxy) is 2. The van der Waals surface area contributed by atoms with Gasteiger partial charge in [-0.25, -0.2) is 0 Å². The van der Waals surface area contributed by atoms with Gasteiger partial charge in [0.05, 0.1) is 25.4 Å². The van der Waals surface area contributed by atoms with E-state index in [0.717, 1.165) is 44.9 Å². The molecule has 0 radical (unpaired) electrons. The van der Waals surface area contributed by atoms with E-state index in [1.54, 1.807) is 0 Å². The second-order valence-electron chi connectivity index (χ2n) is 19.4. The molecule has 7 unspecified atom stereocenters. The van der Waals surface area contributed by atoms with Crippen molar-refractivity contribution < 1.29 is 39.8 Å². The lowest BCUT2D eigenvalue weighted by atomic mass is 9.99. The van der Waals surface area contributed by atoms with E-state index in [1.807, 2.05) is 0 Å². The van der Waals surface area contributed by atoms with E-state index < -0.39 is 49.5 Å². The fourth-order valence-corrected chi connectivity index (χ4v) is 8.90. The van der Waals surface area contributed by atoms with Gasteiger partial charge in [0, 0.05) is 6.42 Å². The Morgan fingerprint density at radius 2 is 0.922 bits per heavy atom. The highest BCUT2D eigenvalue weighted by Crippen LogP contribution is 2.23. The highest BCUT2D eigenvalue weighted by Gasteiger charge is 2.44. The predicted molar refractivity (Wildman–Crippen MR) is 267 cm³/mol. The van der Waals surface area contributed by atoms with Crippen LogP contribution in [0.25, 0.3) is 0 Å². The molecule has 0 aliphatic carbocycles. The molecule has 9 heteroatoms. The Kier molecular flexibility index (Phi) is 43.1. The van der Waals surface area contributed by atoms with Crippen molar-refractivity contribution in [2.75, 3.05) is 13.2 Å². The van der Waals surface area contributed by atoms with Gasteiger partial charge in [-0.2, -0.15) is 0 Å². The van der Waals surface area contributed by atoms with Crippen molar-refractivity contribution in [2.45, 2.75) is 307 Å². The van der Waals surface area contributed by atoms with E-state index in [4.69, 9.17) is 9.47 Å².